The number of amides is 1. The third kappa shape index (κ3) is 3.86. The highest BCUT2D eigenvalue weighted by Gasteiger charge is 2.34. The van der Waals surface area contributed by atoms with Crippen molar-refractivity contribution in [3.8, 4) is 6.07 Å². The number of benzene rings is 1. The van der Waals surface area contributed by atoms with Crippen molar-refractivity contribution < 1.29 is 4.79 Å². The number of nitrogens with one attached hydrogen (secondary N) is 2. The van der Waals surface area contributed by atoms with Crippen LogP contribution in [-0.4, -0.2) is 41.0 Å². The molecule has 27 heavy (non-hydrogen) atoms. The number of rotatable bonds is 4. The highest BCUT2D eigenvalue weighted by atomic mass is 16.2. The summed E-state index contributed by atoms with van der Waals surface area (Å²) in [5.74, 6) is 0.549. The number of aromatic nitrogens is 1. The second-order valence-corrected chi connectivity index (χ2v) is 8.14. The fourth-order valence-electron chi connectivity index (χ4n) is 4.76. The third-order valence-corrected chi connectivity index (χ3v) is 6.32. The van der Waals surface area contributed by atoms with Crippen LogP contribution in [0.15, 0.2) is 30.5 Å². The van der Waals surface area contributed by atoms with Gasteiger partial charge in [0.25, 0.3) is 0 Å². The molecule has 1 aliphatic heterocycles. The molecule has 1 amide bonds. The van der Waals surface area contributed by atoms with Crippen LogP contribution in [0.5, 0.6) is 0 Å². The fourth-order valence-corrected chi connectivity index (χ4v) is 4.76. The van der Waals surface area contributed by atoms with Gasteiger partial charge in [0.05, 0.1) is 12.6 Å². The minimum absolute atomic E-state index is 0.00370. The largest absolute Gasteiger partial charge is 0.361 e. The Hall–Kier alpha value is -2.32. The number of hydrogen-bond donors (Lipinski definition) is 2. The van der Waals surface area contributed by atoms with E-state index in [-0.39, 0.29) is 5.91 Å². The van der Waals surface area contributed by atoms with Gasteiger partial charge in [-0.2, -0.15) is 5.26 Å². The number of aromatic amines is 1. The Bertz CT molecular complexity index is 835. The number of fused-ring (bicyclic) bond motifs is 1. The van der Waals surface area contributed by atoms with Gasteiger partial charge in [0.1, 0.15) is 5.54 Å². The quantitative estimate of drug-likeness (QED) is 0.869. The molecule has 2 N–H and O–H groups in total. The van der Waals surface area contributed by atoms with E-state index in [9.17, 15) is 10.1 Å². The number of carbonyl (C=O) groups excluding carboxylic acids is 1. The molecule has 0 radical (unpaired) electrons. The first kappa shape index (κ1) is 18.1. The van der Waals surface area contributed by atoms with E-state index in [4.69, 9.17) is 0 Å². The summed E-state index contributed by atoms with van der Waals surface area (Å²) in [6, 6.07) is 10.8. The van der Waals surface area contributed by atoms with Gasteiger partial charge in [0, 0.05) is 17.1 Å². The lowest BCUT2D eigenvalue weighted by atomic mass is 9.83. The fraction of sp³-hybridized carbons (Fsp3) is 0.545. The van der Waals surface area contributed by atoms with Crippen molar-refractivity contribution in [2.45, 2.75) is 56.4 Å². The number of nitrogens with zero attached hydrogens (tertiary/aromatic N) is 2. The van der Waals surface area contributed by atoms with Crippen LogP contribution in [0.3, 0.4) is 0 Å². The Labute approximate surface area is 160 Å². The molecule has 1 aromatic heterocycles. The van der Waals surface area contributed by atoms with Gasteiger partial charge < -0.3 is 10.3 Å². The molecule has 2 heterocycles. The number of nitriles is 1. The second kappa shape index (κ2) is 7.74. The molecule has 2 aromatic rings. The van der Waals surface area contributed by atoms with Crippen LogP contribution < -0.4 is 5.32 Å². The zero-order valence-electron chi connectivity index (χ0n) is 15.8. The summed E-state index contributed by atoms with van der Waals surface area (Å²) in [5, 5.41) is 13.9. The number of para-hydroxylation sites is 1. The molecule has 1 aromatic carbocycles. The molecule has 2 aliphatic rings. The summed E-state index contributed by atoms with van der Waals surface area (Å²) in [6.45, 7) is 2.26. The van der Waals surface area contributed by atoms with Crippen molar-refractivity contribution >= 4 is 16.8 Å². The maximum atomic E-state index is 12.5. The van der Waals surface area contributed by atoms with Crippen LogP contribution in [0, 0.1) is 11.3 Å². The maximum absolute atomic E-state index is 12.5. The molecule has 2 fully saturated rings. The van der Waals surface area contributed by atoms with Gasteiger partial charge in [-0.3, -0.25) is 9.69 Å². The van der Waals surface area contributed by atoms with E-state index in [0.717, 1.165) is 51.6 Å². The Morgan fingerprint density at radius 3 is 2.70 bits per heavy atom. The van der Waals surface area contributed by atoms with Crippen molar-refractivity contribution in [3.63, 3.8) is 0 Å². The minimum atomic E-state index is -0.627. The molecule has 142 valence electrons. The molecular formula is C22H28N4O. The SMILES string of the molecule is N#CC1(NC(=O)CN2CCC(c3c[nH]c4ccccc34)CC2)CCCCC1. The Balaban J connectivity index is 1.32. The van der Waals surface area contributed by atoms with Gasteiger partial charge in [-0.05, 0) is 56.3 Å². The van der Waals surface area contributed by atoms with Crippen LogP contribution in [0.25, 0.3) is 10.9 Å². The third-order valence-electron chi connectivity index (χ3n) is 6.32. The molecule has 0 unspecified atom stereocenters. The van der Waals surface area contributed by atoms with Gasteiger partial charge in [0.2, 0.25) is 5.91 Å². The van der Waals surface area contributed by atoms with Crippen molar-refractivity contribution in [2.24, 2.45) is 0 Å². The van der Waals surface area contributed by atoms with Crippen molar-refractivity contribution in [2.75, 3.05) is 19.6 Å². The summed E-state index contributed by atoms with van der Waals surface area (Å²) in [5.41, 5.74) is 1.97. The smallest absolute Gasteiger partial charge is 0.235 e. The van der Waals surface area contributed by atoms with Crippen LogP contribution in [0.4, 0.5) is 0 Å². The van der Waals surface area contributed by atoms with E-state index >= 15 is 0 Å². The standard InChI is InChI=1S/C22H28N4O/c23-16-22(10-4-1-5-11-22)25-21(27)15-26-12-8-17(9-13-26)19-14-24-20-7-3-2-6-18(19)20/h2-3,6-7,14,17,24H,1,4-5,8-13,15H2,(H,25,27). The lowest BCUT2D eigenvalue weighted by molar-refractivity contribution is -0.124. The van der Waals surface area contributed by atoms with Crippen molar-refractivity contribution in [1.82, 2.24) is 15.2 Å². The van der Waals surface area contributed by atoms with Crippen LogP contribution in [0.1, 0.15) is 56.4 Å². The van der Waals surface area contributed by atoms with E-state index in [1.165, 1.54) is 22.9 Å². The van der Waals surface area contributed by atoms with Gasteiger partial charge in [-0.1, -0.05) is 37.5 Å². The summed E-state index contributed by atoms with van der Waals surface area (Å²) < 4.78 is 0. The van der Waals surface area contributed by atoms with Gasteiger partial charge in [-0.25, -0.2) is 0 Å². The molecule has 1 aliphatic carbocycles. The molecular weight excluding hydrogens is 336 g/mol. The first-order valence-corrected chi connectivity index (χ1v) is 10.2. The van der Waals surface area contributed by atoms with Gasteiger partial charge >= 0.3 is 0 Å². The lowest BCUT2D eigenvalue weighted by Gasteiger charge is -2.34. The monoisotopic (exact) mass is 364 g/mol. The average molecular weight is 364 g/mol. The topological polar surface area (TPSA) is 71.9 Å². The lowest BCUT2D eigenvalue weighted by Crippen LogP contribution is -2.52. The molecule has 4 rings (SSSR count). The van der Waals surface area contributed by atoms with E-state index < -0.39 is 5.54 Å². The second-order valence-electron chi connectivity index (χ2n) is 8.14. The van der Waals surface area contributed by atoms with Gasteiger partial charge in [0.15, 0.2) is 0 Å². The zero-order chi connectivity index (χ0) is 18.7. The maximum Gasteiger partial charge on any atom is 0.235 e. The van der Waals surface area contributed by atoms with Crippen molar-refractivity contribution in [1.29, 1.82) is 5.26 Å². The minimum Gasteiger partial charge on any atom is -0.361 e. The van der Waals surface area contributed by atoms with E-state index in [0.29, 0.717) is 12.5 Å². The number of hydrogen-bond acceptors (Lipinski definition) is 3. The highest BCUT2D eigenvalue weighted by molar-refractivity contribution is 5.83. The predicted octanol–water partition coefficient (Wildman–Crippen LogP) is 3.69. The van der Waals surface area contributed by atoms with Crippen LogP contribution in [0.2, 0.25) is 0 Å². The Kier molecular flexibility index (Phi) is 5.18. The van der Waals surface area contributed by atoms with Crippen LogP contribution in [-0.2, 0) is 4.79 Å². The molecule has 0 spiro atoms. The first-order valence-electron chi connectivity index (χ1n) is 10.2. The summed E-state index contributed by atoms with van der Waals surface area (Å²) in [4.78, 5) is 18.1. The first-order chi connectivity index (χ1) is 13.2. The average Bonchev–Trinajstić information content (AvgIpc) is 3.13. The van der Waals surface area contributed by atoms with E-state index in [1.54, 1.807) is 0 Å². The molecule has 5 heteroatoms. The Morgan fingerprint density at radius 2 is 1.96 bits per heavy atom. The number of H-pyrrole nitrogens is 1. The number of piperidine rings is 1. The van der Waals surface area contributed by atoms with Gasteiger partial charge in [-0.15, -0.1) is 0 Å². The highest BCUT2D eigenvalue weighted by Crippen LogP contribution is 2.33. The van der Waals surface area contributed by atoms with E-state index in [2.05, 4.69) is 51.7 Å². The predicted molar refractivity (Wildman–Crippen MR) is 106 cm³/mol. The summed E-state index contributed by atoms with van der Waals surface area (Å²) in [6.07, 6.45) is 9.10. The zero-order valence-corrected chi connectivity index (χ0v) is 15.8. The summed E-state index contributed by atoms with van der Waals surface area (Å²) in [7, 11) is 0. The van der Waals surface area contributed by atoms with E-state index in [1.807, 2.05) is 0 Å². The normalized spacial score (nSPS) is 21.0. The molecule has 1 saturated heterocycles. The molecule has 0 atom stereocenters. The van der Waals surface area contributed by atoms with Crippen LogP contribution >= 0.6 is 0 Å². The van der Waals surface area contributed by atoms with Crippen molar-refractivity contribution in [3.05, 3.63) is 36.0 Å². The number of likely N-dealkylation sites (tertiary alicyclic amines) is 1. The molecule has 1 saturated carbocycles. The summed E-state index contributed by atoms with van der Waals surface area (Å²) >= 11 is 0. The molecule has 0 bridgehead atoms. The molecule has 5 nitrogen and oxygen atoms in total. The number of carbonyl (C=O) groups is 1. The Morgan fingerprint density at radius 1 is 1.22 bits per heavy atom.